The topological polar surface area (TPSA) is 93.7 Å². The van der Waals surface area contributed by atoms with Crippen LogP contribution in [-0.4, -0.2) is 31.5 Å². The molecule has 2 amide bonds. The van der Waals surface area contributed by atoms with Gasteiger partial charge in [0, 0.05) is 5.56 Å². The molecule has 128 valence electrons. The van der Waals surface area contributed by atoms with E-state index in [4.69, 9.17) is 9.47 Å². The molecule has 7 nitrogen and oxygen atoms in total. The number of methoxy groups -OCH3 is 1. The van der Waals surface area contributed by atoms with Crippen LogP contribution in [-0.2, 0) is 14.3 Å². The summed E-state index contributed by atoms with van der Waals surface area (Å²) < 4.78 is 9.96. The molecule has 0 bridgehead atoms. The normalized spacial score (nSPS) is 16.1. The fourth-order valence-corrected chi connectivity index (χ4v) is 2.24. The number of carbonyl (C=O) groups excluding carboxylic acids is 3. The summed E-state index contributed by atoms with van der Waals surface area (Å²) in [5.41, 5.74) is 4.83. The lowest BCUT2D eigenvalue weighted by Gasteiger charge is -2.16. The first-order valence-corrected chi connectivity index (χ1v) is 7.65. The first kappa shape index (κ1) is 17.5. The molecule has 0 saturated heterocycles. The number of carbonyl (C=O) groups is 3. The zero-order chi connectivity index (χ0) is 17.4. The number of nitrogens with one attached hydrogen (secondary N) is 2. The van der Waals surface area contributed by atoms with Crippen LogP contribution >= 0.6 is 0 Å². The fraction of sp³-hybridized carbons (Fsp3) is 0.353. The molecule has 2 rings (SSSR count). The summed E-state index contributed by atoms with van der Waals surface area (Å²) in [5.74, 6) is -1.04. The Bertz CT molecular complexity index is 624. The molecular weight excluding hydrogens is 312 g/mol. The first-order chi connectivity index (χ1) is 11.6. The Morgan fingerprint density at radius 2 is 1.88 bits per heavy atom. The lowest BCUT2D eigenvalue weighted by atomic mass is 9.95. The van der Waals surface area contributed by atoms with Crippen molar-refractivity contribution >= 4 is 17.8 Å². The van der Waals surface area contributed by atoms with Crippen molar-refractivity contribution in [3.05, 3.63) is 42.0 Å². The monoisotopic (exact) mass is 332 g/mol. The van der Waals surface area contributed by atoms with E-state index in [0.717, 1.165) is 12.8 Å². The van der Waals surface area contributed by atoms with Gasteiger partial charge in [-0.05, 0) is 43.5 Å². The molecule has 0 spiro atoms. The minimum Gasteiger partial charge on any atom is -0.497 e. The largest absolute Gasteiger partial charge is 0.497 e. The third-order valence-corrected chi connectivity index (χ3v) is 3.62. The van der Waals surface area contributed by atoms with Gasteiger partial charge in [-0.2, -0.15) is 0 Å². The van der Waals surface area contributed by atoms with E-state index in [1.54, 1.807) is 24.3 Å². The number of ether oxygens (including phenoxy) is 2. The number of hydrazine groups is 1. The highest BCUT2D eigenvalue weighted by atomic mass is 16.5. The van der Waals surface area contributed by atoms with E-state index < -0.39 is 24.4 Å². The molecule has 1 aliphatic rings. The number of benzene rings is 1. The van der Waals surface area contributed by atoms with Crippen LogP contribution < -0.4 is 15.6 Å². The molecule has 0 heterocycles. The molecule has 0 aromatic heterocycles. The lowest BCUT2D eigenvalue weighted by molar-refractivity contribution is -0.153. The molecule has 0 saturated carbocycles. The molecule has 0 aliphatic heterocycles. The minimum atomic E-state index is -0.600. The zero-order valence-corrected chi connectivity index (χ0v) is 13.4. The molecule has 7 heteroatoms. The van der Waals surface area contributed by atoms with Gasteiger partial charge in [0.2, 0.25) is 0 Å². The summed E-state index contributed by atoms with van der Waals surface area (Å²) >= 11 is 0. The van der Waals surface area contributed by atoms with Crippen molar-refractivity contribution in [1.29, 1.82) is 0 Å². The summed E-state index contributed by atoms with van der Waals surface area (Å²) in [7, 11) is 1.53. The van der Waals surface area contributed by atoms with Crippen molar-refractivity contribution in [2.24, 2.45) is 5.92 Å². The highest BCUT2D eigenvalue weighted by Crippen LogP contribution is 2.19. The minimum absolute atomic E-state index is 0.198. The maximum Gasteiger partial charge on any atom is 0.309 e. The van der Waals surface area contributed by atoms with Crippen molar-refractivity contribution < 1.29 is 23.9 Å². The van der Waals surface area contributed by atoms with Crippen molar-refractivity contribution in [2.45, 2.75) is 19.3 Å². The highest BCUT2D eigenvalue weighted by Gasteiger charge is 2.21. The average Bonchev–Trinajstić information content (AvgIpc) is 2.64. The van der Waals surface area contributed by atoms with Gasteiger partial charge in [-0.1, -0.05) is 12.2 Å². The Kier molecular flexibility index (Phi) is 6.36. The molecule has 24 heavy (non-hydrogen) atoms. The molecule has 0 fully saturated rings. The van der Waals surface area contributed by atoms with Gasteiger partial charge in [0.1, 0.15) is 5.75 Å². The quantitative estimate of drug-likeness (QED) is 0.482. The van der Waals surface area contributed by atoms with E-state index in [2.05, 4.69) is 10.9 Å². The van der Waals surface area contributed by atoms with Crippen LogP contribution in [0.5, 0.6) is 5.75 Å². The van der Waals surface area contributed by atoms with Gasteiger partial charge in [0.25, 0.3) is 11.8 Å². The highest BCUT2D eigenvalue weighted by molar-refractivity contribution is 5.95. The van der Waals surface area contributed by atoms with Gasteiger partial charge in [-0.25, -0.2) is 0 Å². The predicted octanol–water partition coefficient (Wildman–Crippen LogP) is 1.36. The number of rotatable bonds is 5. The Balaban J connectivity index is 1.71. The standard InChI is InChI=1S/C17H20N2O5/c1-23-14-9-7-12(8-10-14)16(21)19-18-15(20)11-24-17(22)13-5-3-2-4-6-13/h2-3,7-10,13H,4-6,11H2,1H3,(H,18,20)(H,19,21). The smallest absolute Gasteiger partial charge is 0.309 e. The van der Waals surface area contributed by atoms with Gasteiger partial charge in [-0.3, -0.25) is 25.2 Å². The number of amides is 2. The van der Waals surface area contributed by atoms with Gasteiger partial charge >= 0.3 is 5.97 Å². The number of esters is 1. The van der Waals surface area contributed by atoms with Crippen LogP contribution in [0.4, 0.5) is 0 Å². The van der Waals surface area contributed by atoms with Crippen molar-refractivity contribution in [3.8, 4) is 5.75 Å². The Labute approximate surface area is 140 Å². The summed E-state index contributed by atoms with van der Waals surface area (Å²) in [5, 5.41) is 0. The predicted molar refractivity (Wildman–Crippen MR) is 86.0 cm³/mol. The molecule has 1 aromatic carbocycles. The van der Waals surface area contributed by atoms with Gasteiger partial charge in [-0.15, -0.1) is 0 Å². The lowest BCUT2D eigenvalue weighted by Crippen LogP contribution is -2.43. The van der Waals surface area contributed by atoms with Crippen molar-refractivity contribution in [3.63, 3.8) is 0 Å². The second-order valence-electron chi connectivity index (χ2n) is 5.32. The third-order valence-electron chi connectivity index (χ3n) is 3.62. The van der Waals surface area contributed by atoms with Gasteiger partial charge in [0.05, 0.1) is 13.0 Å². The summed E-state index contributed by atoms with van der Waals surface area (Å²) in [6.07, 6.45) is 6.15. The van der Waals surface area contributed by atoms with Crippen molar-refractivity contribution in [1.82, 2.24) is 10.9 Å². The van der Waals surface area contributed by atoms with Crippen LogP contribution in [0, 0.1) is 5.92 Å². The maximum atomic E-state index is 11.9. The second kappa shape index (κ2) is 8.71. The number of hydrogen-bond acceptors (Lipinski definition) is 5. The zero-order valence-electron chi connectivity index (χ0n) is 13.4. The van der Waals surface area contributed by atoms with E-state index in [-0.39, 0.29) is 5.92 Å². The van der Waals surface area contributed by atoms with E-state index in [1.165, 1.54) is 7.11 Å². The summed E-state index contributed by atoms with van der Waals surface area (Å²) in [4.78, 5) is 35.3. The summed E-state index contributed by atoms with van der Waals surface area (Å²) in [6, 6.07) is 6.40. The molecule has 1 aliphatic carbocycles. The molecule has 0 radical (unpaired) electrons. The average molecular weight is 332 g/mol. The van der Waals surface area contributed by atoms with Crippen LogP contribution in [0.15, 0.2) is 36.4 Å². The third kappa shape index (κ3) is 5.12. The second-order valence-corrected chi connectivity index (χ2v) is 5.32. The fourth-order valence-electron chi connectivity index (χ4n) is 2.24. The first-order valence-electron chi connectivity index (χ1n) is 7.65. The van der Waals surface area contributed by atoms with E-state index in [9.17, 15) is 14.4 Å². The summed E-state index contributed by atoms with van der Waals surface area (Å²) in [6.45, 7) is -0.429. The molecule has 2 N–H and O–H groups in total. The molecule has 1 aromatic rings. The number of hydrogen-bond donors (Lipinski definition) is 2. The van der Waals surface area contributed by atoms with Crippen LogP contribution in [0.2, 0.25) is 0 Å². The van der Waals surface area contributed by atoms with E-state index >= 15 is 0 Å². The molecule has 1 atom stereocenters. The van der Waals surface area contributed by atoms with E-state index in [0.29, 0.717) is 17.7 Å². The Hall–Kier alpha value is -2.83. The molecule has 1 unspecified atom stereocenters. The molecular formula is C17H20N2O5. The van der Waals surface area contributed by atoms with Gasteiger partial charge in [0.15, 0.2) is 6.61 Å². The maximum absolute atomic E-state index is 11.9. The van der Waals surface area contributed by atoms with Crippen LogP contribution in [0.25, 0.3) is 0 Å². The van der Waals surface area contributed by atoms with Crippen LogP contribution in [0.1, 0.15) is 29.6 Å². The van der Waals surface area contributed by atoms with E-state index in [1.807, 2.05) is 12.2 Å². The van der Waals surface area contributed by atoms with Gasteiger partial charge < -0.3 is 9.47 Å². The van der Waals surface area contributed by atoms with Crippen LogP contribution in [0.3, 0.4) is 0 Å². The Morgan fingerprint density at radius 1 is 1.12 bits per heavy atom. The van der Waals surface area contributed by atoms with Crippen molar-refractivity contribution in [2.75, 3.05) is 13.7 Å². The SMILES string of the molecule is COc1ccc(C(=O)NNC(=O)COC(=O)C2CC=CCC2)cc1. The number of allylic oxidation sites excluding steroid dienone is 2. The Morgan fingerprint density at radius 3 is 2.50 bits per heavy atom.